The first kappa shape index (κ1) is 43.8. The lowest BCUT2D eigenvalue weighted by atomic mass is 9.87. The third-order valence-electron chi connectivity index (χ3n) is 11.7. The molecule has 2 fully saturated rings. The van der Waals surface area contributed by atoms with Crippen molar-refractivity contribution in [3.05, 3.63) is 101 Å². The Balaban J connectivity index is 1.12. The van der Waals surface area contributed by atoms with E-state index < -0.39 is 5.82 Å². The number of hydrogen-bond donors (Lipinski definition) is 3. The second-order valence-electron chi connectivity index (χ2n) is 16.0. The first-order valence-electron chi connectivity index (χ1n) is 20.6. The number of nitrogens with zero attached hydrogens (tertiary/aromatic N) is 5. The van der Waals surface area contributed by atoms with E-state index >= 15 is 8.78 Å². The fourth-order valence-electron chi connectivity index (χ4n) is 8.14. The fraction of sp³-hybridized carbons (Fsp3) is 0.422. The first-order valence-corrected chi connectivity index (χ1v) is 20.6. The second-order valence-corrected chi connectivity index (χ2v) is 16.0. The van der Waals surface area contributed by atoms with Crippen LogP contribution in [-0.2, 0) is 20.8 Å². The van der Waals surface area contributed by atoms with Gasteiger partial charge in [0.15, 0.2) is 5.76 Å². The third-order valence-corrected chi connectivity index (χ3v) is 11.7. The summed E-state index contributed by atoms with van der Waals surface area (Å²) in [5, 5.41) is 3.72. The highest BCUT2D eigenvalue weighted by Gasteiger charge is 2.30. The largest absolute Gasteiger partial charge is 0.450 e. The number of hydrogen-bond acceptors (Lipinski definition) is 10. The number of amides is 4. The zero-order chi connectivity index (χ0) is 42.9. The number of nitrogens with one attached hydrogen (secondary N) is 1. The maximum absolute atomic E-state index is 16.5. The van der Waals surface area contributed by atoms with E-state index in [1.54, 1.807) is 25.1 Å². The number of carbonyl (C=O) groups excluding carboxylic acids is 4. The normalized spacial score (nSPS) is 16.6. The Kier molecular flexibility index (Phi) is 14.6. The Morgan fingerprint density at radius 2 is 1.75 bits per heavy atom. The van der Waals surface area contributed by atoms with Crippen molar-refractivity contribution in [1.82, 2.24) is 25.0 Å². The molecule has 5 N–H and O–H groups in total. The van der Waals surface area contributed by atoms with Gasteiger partial charge in [0.25, 0.3) is 5.91 Å². The van der Waals surface area contributed by atoms with Crippen LogP contribution in [0.25, 0.3) is 22.1 Å². The Hall–Kier alpha value is -5.80. The molecule has 2 aliphatic rings. The van der Waals surface area contributed by atoms with E-state index in [2.05, 4.69) is 15.1 Å². The van der Waals surface area contributed by atoms with Gasteiger partial charge in [-0.05, 0) is 78.1 Å². The number of fused-ring (bicyclic) bond motifs is 1. The number of benzene rings is 3. The monoisotopic (exact) mass is 826 g/mol. The van der Waals surface area contributed by atoms with Crippen molar-refractivity contribution in [3.63, 3.8) is 0 Å². The molecule has 1 aromatic heterocycles. The Morgan fingerprint density at radius 3 is 2.43 bits per heavy atom. The van der Waals surface area contributed by atoms with Crippen LogP contribution in [0.3, 0.4) is 0 Å². The molecule has 320 valence electrons. The number of hydrazine groups is 1. The first-order chi connectivity index (χ1) is 28.9. The fourth-order valence-corrected chi connectivity index (χ4v) is 8.14. The SMILES string of the molecule is CC(CCC(=O)NC=O)c1ccc(CCN2CCN(c3ccc(-c4cc(C5CCCN(C(=O)CCN(N)/C=C\N)C5)c(F)c5cc(C(=O)N(C)C)oc45)cc3)CC2)c(F)c1. The van der Waals surface area contributed by atoms with Crippen molar-refractivity contribution in [1.29, 1.82) is 0 Å². The molecular formula is C45H56F2N8O5. The molecule has 60 heavy (non-hydrogen) atoms. The number of imide groups is 1. The minimum absolute atomic E-state index is 0.0229. The highest BCUT2D eigenvalue weighted by Crippen LogP contribution is 2.40. The zero-order valence-electron chi connectivity index (χ0n) is 34.7. The minimum Gasteiger partial charge on any atom is -0.450 e. The summed E-state index contributed by atoms with van der Waals surface area (Å²) >= 11 is 0. The molecular weight excluding hydrogens is 771 g/mol. The van der Waals surface area contributed by atoms with Gasteiger partial charge in [-0.2, -0.15) is 0 Å². The maximum Gasteiger partial charge on any atom is 0.289 e. The van der Waals surface area contributed by atoms with Gasteiger partial charge in [-0.1, -0.05) is 31.2 Å². The minimum atomic E-state index is -0.449. The molecule has 0 bridgehead atoms. The molecule has 2 saturated heterocycles. The van der Waals surface area contributed by atoms with Gasteiger partial charge in [0.05, 0.1) is 5.39 Å². The van der Waals surface area contributed by atoms with Gasteiger partial charge >= 0.3 is 0 Å². The van der Waals surface area contributed by atoms with Crippen molar-refractivity contribution in [2.45, 2.75) is 57.3 Å². The number of rotatable bonds is 16. The van der Waals surface area contributed by atoms with Crippen LogP contribution in [0.4, 0.5) is 14.5 Å². The summed E-state index contributed by atoms with van der Waals surface area (Å²) in [5.74, 6) is 4.15. The number of halogens is 2. The van der Waals surface area contributed by atoms with Gasteiger partial charge in [-0.25, -0.2) is 14.6 Å². The molecule has 4 amide bonds. The van der Waals surface area contributed by atoms with Crippen LogP contribution in [0.2, 0.25) is 0 Å². The van der Waals surface area contributed by atoms with E-state index in [4.69, 9.17) is 16.0 Å². The third kappa shape index (κ3) is 10.5. The van der Waals surface area contributed by atoms with Crippen LogP contribution in [0, 0.1) is 11.6 Å². The van der Waals surface area contributed by atoms with E-state index in [0.717, 1.165) is 49.5 Å². The van der Waals surface area contributed by atoms with Gasteiger partial charge in [0.2, 0.25) is 18.2 Å². The average molecular weight is 827 g/mol. The summed E-state index contributed by atoms with van der Waals surface area (Å²) in [4.78, 5) is 56.1. The van der Waals surface area contributed by atoms with E-state index in [1.807, 2.05) is 49.4 Å². The van der Waals surface area contributed by atoms with E-state index in [-0.39, 0.29) is 59.4 Å². The molecule has 3 heterocycles. The van der Waals surface area contributed by atoms with Gasteiger partial charge < -0.3 is 29.9 Å². The number of carbonyl (C=O) groups is 4. The molecule has 0 aliphatic carbocycles. The van der Waals surface area contributed by atoms with Crippen molar-refractivity contribution >= 4 is 40.8 Å². The van der Waals surface area contributed by atoms with Crippen LogP contribution in [0.5, 0.6) is 0 Å². The van der Waals surface area contributed by atoms with Gasteiger partial charge in [-0.3, -0.25) is 29.4 Å². The quantitative estimate of drug-likeness (QED) is 0.0768. The van der Waals surface area contributed by atoms with Gasteiger partial charge in [-0.15, -0.1) is 0 Å². The highest BCUT2D eigenvalue weighted by atomic mass is 19.1. The van der Waals surface area contributed by atoms with Crippen LogP contribution in [-0.4, -0.2) is 110 Å². The molecule has 2 atom stereocenters. The Labute approximate surface area is 349 Å². The second kappa shape index (κ2) is 20.0. The van der Waals surface area contributed by atoms with Gasteiger partial charge in [0, 0.05) is 115 Å². The van der Waals surface area contributed by atoms with Crippen LogP contribution < -0.4 is 21.8 Å². The van der Waals surface area contributed by atoms with Crippen LogP contribution in [0.1, 0.15) is 78.1 Å². The molecule has 0 saturated carbocycles. The number of piperidine rings is 1. The topological polar surface area (TPSA) is 162 Å². The number of likely N-dealkylation sites (tertiary alicyclic amines) is 1. The summed E-state index contributed by atoms with van der Waals surface area (Å²) in [7, 11) is 3.24. The predicted octanol–water partition coefficient (Wildman–Crippen LogP) is 5.30. The van der Waals surface area contributed by atoms with Crippen molar-refractivity contribution in [2.24, 2.45) is 11.6 Å². The molecule has 3 aromatic carbocycles. The molecule has 0 radical (unpaired) electrons. The van der Waals surface area contributed by atoms with Crippen molar-refractivity contribution < 1.29 is 32.4 Å². The number of nitrogens with two attached hydrogens (primary N) is 2. The molecule has 4 aromatic rings. The van der Waals surface area contributed by atoms with Crippen LogP contribution in [0.15, 0.2) is 71.4 Å². The van der Waals surface area contributed by atoms with Gasteiger partial charge in [0.1, 0.15) is 17.2 Å². The highest BCUT2D eigenvalue weighted by molar-refractivity contribution is 6.00. The lowest BCUT2D eigenvalue weighted by Gasteiger charge is -2.36. The summed E-state index contributed by atoms with van der Waals surface area (Å²) < 4.78 is 37.8. The Morgan fingerprint density at radius 1 is 1.00 bits per heavy atom. The van der Waals surface area contributed by atoms with E-state index in [9.17, 15) is 19.2 Å². The zero-order valence-corrected chi connectivity index (χ0v) is 34.7. The molecule has 13 nitrogen and oxygen atoms in total. The number of piperazine rings is 1. The summed E-state index contributed by atoms with van der Waals surface area (Å²) in [6.07, 6.45) is 6.08. The summed E-state index contributed by atoms with van der Waals surface area (Å²) in [6.45, 7) is 7.11. The molecule has 15 heteroatoms. The molecule has 2 aliphatic heterocycles. The average Bonchev–Trinajstić information content (AvgIpc) is 3.71. The predicted molar refractivity (Wildman–Crippen MR) is 228 cm³/mol. The van der Waals surface area contributed by atoms with Crippen LogP contribution >= 0.6 is 0 Å². The lowest BCUT2D eigenvalue weighted by Crippen LogP contribution is -2.47. The molecule has 2 unspecified atom stereocenters. The number of anilines is 1. The van der Waals surface area contributed by atoms with E-state index in [0.29, 0.717) is 74.0 Å². The smallest absolute Gasteiger partial charge is 0.289 e. The van der Waals surface area contributed by atoms with E-state index in [1.165, 1.54) is 28.4 Å². The molecule has 6 rings (SSSR count). The lowest BCUT2D eigenvalue weighted by molar-refractivity contribution is -0.132. The Bertz CT molecular complexity index is 2180. The summed E-state index contributed by atoms with van der Waals surface area (Å²) in [6, 6.07) is 16.7. The number of furan rings is 1. The van der Waals surface area contributed by atoms with Crippen molar-refractivity contribution in [3.8, 4) is 11.1 Å². The standard InChI is InChI=1S/C45H56F2N8O5/c1-30(6-13-41(57)50-29-56)33-8-7-32(39(46)25-33)14-18-52-21-23-53(24-22-52)35-11-9-31(10-12-35)37-26-36(43(47)38-27-40(60-44(37)38)45(59)51(2)3)34-5-4-17-54(28-34)42(58)15-19-55(49)20-16-48/h7-12,16,20,25-27,29-30,34H,4-6,13-15,17-19,21-24,28,48-49H2,1-3H3,(H,50,56,57)/b20-16-. The van der Waals surface area contributed by atoms with Crippen molar-refractivity contribution in [2.75, 3.05) is 71.4 Å². The molecule has 0 spiro atoms. The summed E-state index contributed by atoms with van der Waals surface area (Å²) in [5.41, 5.74) is 10.2. The maximum atomic E-state index is 16.5.